The number of piperidine rings is 1. The first-order valence-corrected chi connectivity index (χ1v) is 6.19. The Morgan fingerprint density at radius 1 is 1.26 bits per heavy atom. The van der Waals surface area contributed by atoms with Crippen LogP contribution in [0.15, 0.2) is 18.2 Å². The summed E-state index contributed by atoms with van der Waals surface area (Å²) in [6.45, 7) is 1.50. The van der Waals surface area contributed by atoms with Gasteiger partial charge >= 0.3 is 6.18 Å². The van der Waals surface area contributed by atoms with Crippen LogP contribution in [0.4, 0.5) is 13.2 Å². The summed E-state index contributed by atoms with van der Waals surface area (Å²) in [5.74, 6) is -0.340. The molecule has 0 bridgehead atoms. The second-order valence-electron chi connectivity index (χ2n) is 4.98. The van der Waals surface area contributed by atoms with Gasteiger partial charge in [-0.3, -0.25) is 4.79 Å². The van der Waals surface area contributed by atoms with Gasteiger partial charge in [-0.2, -0.15) is 13.2 Å². The Morgan fingerprint density at radius 3 is 2.79 bits per heavy atom. The summed E-state index contributed by atoms with van der Waals surface area (Å²) in [7, 11) is 0. The maximum atomic E-state index is 12.7. The first kappa shape index (κ1) is 12.5. The molecular weight excluding hydrogens is 257 g/mol. The van der Waals surface area contributed by atoms with E-state index in [-0.39, 0.29) is 17.5 Å². The quantitative estimate of drug-likeness (QED) is 0.756. The fraction of sp³-hybridized carbons (Fsp3) is 0.462. The topological polar surface area (TPSA) is 41.1 Å². The van der Waals surface area contributed by atoms with E-state index < -0.39 is 17.6 Å². The van der Waals surface area contributed by atoms with Gasteiger partial charge in [0.15, 0.2) is 0 Å². The molecule has 0 radical (unpaired) electrons. The standard InChI is InChI=1S/C13H13F3N2O/c14-13(15,16)7-1-2-8-9(5-7)12(19)18-11-3-4-17-6-10(8)11/h1-2,5,10-11,17H,3-4,6H2,(H,18,19). The van der Waals surface area contributed by atoms with Crippen LogP contribution in [0.5, 0.6) is 0 Å². The Balaban J connectivity index is 2.05. The second-order valence-corrected chi connectivity index (χ2v) is 4.98. The van der Waals surface area contributed by atoms with Gasteiger partial charge in [-0.25, -0.2) is 0 Å². The number of benzene rings is 1. The number of carbonyl (C=O) groups excluding carboxylic acids is 1. The Kier molecular flexibility index (Phi) is 2.78. The van der Waals surface area contributed by atoms with E-state index in [1.54, 1.807) is 0 Å². The highest BCUT2D eigenvalue weighted by molar-refractivity contribution is 5.97. The van der Waals surface area contributed by atoms with E-state index in [1.807, 2.05) is 0 Å². The van der Waals surface area contributed by atoms with Crippen LogP contribution in [0.1, 0.15) is 33.8 Å². The molecule has 102 valence electrons. The lowest BCUT2D eigenvalue weighted by atomic mass is 9.80. The number of hydrogen-bond acceptors (Lipinski definition) is 2. The van der Waals surface area contributed by atoms with Crippen molar-refractivity contribution in [2.24, 2.45) is 0 Å². The van der Waals surface area contributed by atoms with E-state index >= 15 is 0 Å². The fourth-order valence-electron chi connectivity index (χ4n) is 2.86. The monoisotopic (exact) mass is 270 g/mol. The average Bonchev–Trinajstić information content (AvgIpc) is 2.37. The van der Waals surface area contributed by atoms with Gasteiger partial charge < -0.3 is 10.6 Å². The van der Waals surface area contributed by atoms with Crippen LogP contribution in [0.2, 0.25) is 0 Å². The number of hydrogen-bond donors (Lipinski definition) is 2. The van der Waals surface area contributed by atoms with Crippen LogP contribution in [0, 0.1) is 0 Å². The molecule has 0 aromatic heterocycles. The summed E-state index contributed by atoms with van der Waals surface area (Å²) < 4.78 is 38.0. The molecule has 1 fully saturated rings. The molecule has 2 aliphatic heterocycles. The molecule has 3 rings (SSSR count). The maximum absolute atomic E-state index is 12.7. The van der Waals surface area contributed by atoms with Gasteiger partial charge in [0, 0.05) is 24.1 Å². The Hall–Kier alpha value is -1.56. The molecule has 1 saturated heterocycles. The number of nitrogens with one attached hydrogen (secondary N) is 2. The molecule has 2 atom stereocenters. The Labute approximate surface area is 108 Å². The van der Waals surface area contributed by atoms with Crippen molar-refractivity contribution >= 4 is 5.91 Å². The third-order valence-electron chi connectivity index (χ3n) is 3.82. The van der Waals surface area contributed by atoms with Crippen molar-refractivity contribution in [1.29, 1.82) is 0 Å². The third-order valence-corrected chi connectivity index (χ3v) is 3.82. The van der Waals surface area contributed by atoms with Gasteiger partial charge in [-0.15, -0.1) is 0 Å². The van der Waals surface area contributed by atoms with E-state index in [2.05, 4.69) is 10.6 Å². The molecule has 3 nitrogen and oxygen atoms in total. The lowest BCUT2D eigenvalue weighted by Gasteiger charge is -2.38. The normalized spacial score (nSPS) is 26.4. The molecular formula is C13H13F3N2O. The van der Waals surface area contributed by atoms with Crippen molar-refractivity contribution in [2.75, 3.05) is 13.1 Å². The molecule has 0 spiro atoms. The molecule has 2 aliphatic rings. The van der Waals surface area contributed by atoms with E-state index in [0.717, 1.165) is 25.1 Å². The Bertz CT molecular complexity index is 527. The first-order valence-electron chi connectivity index (χ1n) is 6.19. The van der Waals surface area contributed by atoms with Crippen LogP contribution in [-0.2, 0) is 6.18 Å². The molecule has 1 amide bonds. The van der Waals surface area contributed by atoms with Gasteiger partial charge in [0.25, 0.3) is 5.91 Å². The molecule has 6 heteroatoms. The minimum atomic E-state index is -4.42. The molecule has 0 saturated carbocycles. The van der Waals surface area contributed by atoms with Crippen molar-refractivity contribution < 1.29 is 18.0 Å². The van der Waals surface area contributed by atoms with Crippen molar-refractivity contribution in [3.05, 3.63) is 34.9 Å². The number of alkyl halides is 3. The SMILES string of the molecule is O=C1NC2CCNCC2c2ccc(C(F)(F)F)cc21. The van der Waals surface area contributed by atoms with Gasteiger partial charge in [-0.05, 0) is 30.7 Å². The van der Waals surface area contributed by atoms with E-state index in [4.69, 9.17) is 0 Å². The van der Waals surface area contributed by atoms with Gasteiger partial charge in [0.05, 0.1) is 5.56 Å². The van der Waals surface area contributed by atoms with Crippen LogP contribution in [0.25, 0.3) is 0 Å². The van der Waals surface area contributed by atoms with Crippen molar-refractivity contribution in [1.82, 2.24) is 10.6 Å². The highest BCUT2D eigenvalue weighted by atomic mass is 19.4. The van der Waals surface area contributed by atoms with Crippen LogP contribution in [0.3, 0.4) is 0 Å². The smallest absolute Gasteiger partial charge is 0.349 e. The minimum Gasteiger partial charge on any atom is -0.349 e. The number of halogens is 3. The summed E-state index contributed by atoms with van der Waals surface area (Å²) in [4.78, 5) is 11.9. The molecule has 2 unspecified atom stereocenters. The molecule has 2 N–H and O–H groups in total. The summed E-state index contributed by atoms with van der Waals surface area (Å²) in [6, 6.07) is 3.48. The fourth-order valence-corrected chi connectivity index (χ4v) is 2.86. The summed E-state index contributed by atoms with van der Waals surface area (Å²) in [5.41, 5.74) is 0.0948. The Morgan fingerprint density at radius 2 is 2.05 bits per heavy atom. The average molecular weight is 270 g/mol. The lowest BCUT2D eigenvalue weighted by Crippen LogP contribution is -2.51. The predicted molar refractivity (Wildman–Crippen MR) is 62.9 cm³/mol. The molecule has 2 heterocycles. The van der Waals surface area contributed by atoms with Crippen molar-refractivity contribution in [3.8, 4) is 0 Å². The molecule has 1 aromatic carbocycles. The minimum absolute atomic E-state index is 0.0259. The van der Waals surface area contributed by atoms with Gasteiger partial charge in [0.1, 0.15) is 0 Å². The summed E-state index contributed by atoms with van der Waals surface area (Å²) >= 11 is 0. The number of amides is 1. The van der Waals surface area contributed by atoms with Gasteiger partial charge in [-0.1, -0.05) is 6.07 Å². The molecule has 0 aliphatic carbocycles. The molecule has 19 heavy (non-hydrogen) atoms. The summed E-state index contributed by atoms with van der Waals surface area (Å²) in [5, 5.41) is 6.02. The largest absolute Gasteiger partial charge is 0.416 e. The van der Waals surface area contributed by atoms with Crippen LogP contribution >= 0.6 is 0 Å². The van der Waals surface area contributed by atoms with Crippen LogP contribution in [-0.4, -0.2) is 25.0 Å². The maximum Gasteiger partial charge on any atom is 0.416 e. The van der Waals surface area contributed by atoms with Gasteiger partial charge in [0.2, 0.25) is 0 Å². The molecule has 1 aromatic rings. The van der Waals surface area contributed by atoms with Crippen molar-refractivity contribution in [2.45, 2.75) is 24.6 Å². The summed E-state index contributed by atoms with van der Waals surface area (Å²) in [6.07, 6.45) is -3.62. The number of fused-ring (bicyclic) bond motifs is 3. The zero-order valence-corrected chi connectivity index (χ0v) is 10.1. The number of rotatable bonds is 0. The predicted octanol–water partition coefficient (Wildman–Crippen LogP) is 1.89. The zero-order valence-electron chi connectivity index (χ0n) is 10.1. The zero-order chi connectivity index (χ0) is 13.6. The lowest BCUT2D eigenvalue weighted by molar-refractivity contribution is -0.137. The highest BCUT2D eigenvalue weighted by Gasteiger charge is 2.38. The first-order chi connectivity index (χ1) is 8.97. The van der Waals surface area contributed by atoms with Crippen LogP contribution < -0.4 is 10.6 Å². The van der Waals surface area contributed by atoms with Crippen molar-refractivity contribution in [3.63, 3.8) is 0 Å². The highest BCUT2D eigenvalue weighted by Crippen LogP contribution is 2.35. The second kappa shape index (κ2) is 4.23. The van der Waals surface area contributed by atoms with E-state index in [0.29, 0.717) is 12.1 Å². The van der Waals surface area contributed by atoms with E-state index in [1.165, 1.54) is 6.07 Å². The number of carbonyl (C=O) groups is 1. The third kappa shape index (κ3) is 2.10. The van der Waals surface area contributed by atoms with E-state index in [9.17, 15) is 18.0 Å².